The van der Waals surface area contributed by atoms with Crippen LogP contribution in [-0.4, -0.2) is 66.2 Å². The van der Waals surface area contributed by atoms with Crippen LogP contribution in [-0.2, 0) is 18.1 Å². The zero-order chi connectivity index (χ0) is 18.8. The molecule has 2 atom stereocenters. The summed E-state index contributed by atoms with van der Waals surface area (Å²) in [4.78, 5) is 24.8. The Kier molecular flexibility index (Phi) is 7.02. The SMILES string of the molecule is C[Si](C)(C)CO[Si](C)(CCN1CC(C(=O)O)CC1=O)O[Si](C)(C)C. The number of carbonyl (C=O) groups is 2. The van der Waals surface area contributed by atoms with Gasteiger partial charge in [0.15, 0.2) is 8.32 Å². The summed E-state index contributed by atoms with van der Waals surface area (Å²) in [5, 5.41) is 9.09. The van der Waals surface area contributed by atoms with Crippen LogP contribution in [0.25, 0.3) is 0 Å². The number of rotatable bonds is 9. The van der Waals surface area contributed by atoms with E-state index in [-0.39, 0.29) is 12.3 Å². The molecule has 24 heavy (non-hydrogen) atoms. The fourth-order valence-electron chi connectivity index (χ4n) is 2.66. The van der Waals surface area contributed by atoms with Crippen molar-refractivity contribution in [2.24, 2.45) is 5.92 Å². The van der Waals surface area contributed by atoms with Crippen LogP contribution in [0.2, 0.25) is 51.9 Å². The molecule has 1 N–H and O–H groups in total. The minimum atomic E-state index is -2.39. The van der Waals surface area contributed by atoms with Crippen LogP contribution < -0.4 is 0 Å². The molecule has 9 heteroatoms. The topological polar surface area (TPSA) is 76.1 Å². The van der Waals surface area contributed by atoms with Crippen molar-refractivity contribution in [1.82, 2.24) is 4.90 Å². The molecule has 2 unspecified atom stereocenters. The van der Waals surface area contributed by atoms with Crippen LogP contribution in [0.4, 0.5) is 0 Å². The van der Waals surface area contributed by atoms with Gasteiger partial charge in [-0.05, 0) is 26.2 Å². The van der Waals surface area contributed by atoms with Crippen molar-refractivity contribution in [2.75, 3.05) is 19.3 Å². The second kappa shape index (κ2) is 7.81. The molecule has 0 aromatic heterocycles. The Morgan fingerprint density at radius 3 is 2.21 bits per heavy atom. The van der Waals surface area contributed by atoms with Gasteiger partial charge in [-0.15, -0.1) is 0 Å². The van der Waals surface area contributed by atoms with Gasteiger partial charge in [-0.3, -0.25) is 9.59 Å². The number of nitrogens with zero attached hydrogens (tertiary/aromatic N) is 1. The van der Waals surface area contributed by atoms with Crippen LogP contribution >= 0.6 is 0 Å². The van der Waals surface area contributed by atoms with Gasteiger partial charge < -0.3 is 18.5 Å². The van der Waals surface area contributed by atoms with Crippen LogP contribution in [0.5, 0.6) is 0 Å². The van der Waals surface area contributed by atoms with E-state index in [2.05, 4.69) is 45.8 Å². The van der Waals surface area contributed by atoms with Crippen LogP contribution in [0.3, 0.4) is 0 Å². The summed E-state index contributed by atoms with van der Waals surface area (Å²) in [5.74, 6) is -1.54. The molecular formula is C15H33NO5Si3. The minimum Gasteiger partial charge on any atom is -0.481 e. The number of hydrogen-bond acceptors (Lipinski definition) is 4. The van der Waals surface area contributed by atoms with E-state index in [0.717, 1.165) is 6.23 Å². The van der Waals surface area contributed by atoms with Gasteiger partial charge in [0.05, 0.1) is 14.0 Å². The van der Waals surface area contributed by atoms with E-state index in [1.165, 1.54) is 0 Å². The van der Waals surface area contributed by atoms with Crippen molar-refractivity contribution in [2.45, 2.75) is 58.3 Å². The highest BCUT2D eigenvalue weighted by Crippen LogP contribution is 2.24. The fraction of sp³-hybridized carbons (Fsp3) is 0.867. The quantitative estimate of drug-likeness (QED) is 0.612. The number of aliphatic carboxylic acids is 1. The molecule has 0 aromatic carbocycles. The predicted octanol–water partition coefficient (Wildman–Crippen LogP) is 2.74. The lowest BCUT2D eigenvalue weighted by Crippen LogP contribution is -2.51. The fourth-order valence-corrected chi connectivity index (χ4v) is 12.3. The van der Waals surface area contributed by atoms with Crippen molar-refractivity contribution in [3.05, 3.63) is 0 Å². The highest BCUT2D eigenvalue weighted by atomic mass is 28.4. The Bertz CT molecular complexity index is 475. The Morgan fingerprint density at radius 2 is 1.79 bits per heavy atom. The maximum atomic E-state index is 12.0. The van der Waals surface area contributed by atoms with E-state index < -0.39 is 36.8 Å². The lowest BCUT2D eigenvalue weighted by atomic mass is 10.1. The largest absolute Gasteiger partial charge is 0.481 e. The van der Waals surface area contributed by atoms with Crippen LogP contribution in [0.15, 0.2) is 0 Å². The van der Waals surface area contributed by atoms with Crippen molar-refractivity contribution in [1.29, 1.82) is 0 Å². The molecule has 1 rings (SSSR count). The number of likely N-dealkylation sites (tertiary alicyclic amines) is 1. The first-order valence-electron chi connectivity index (χ1n) is 8.55. The van der Waals surface area contributed by atoms with E-state index in [1.54, 1.807) is 4.90 Å². The first-order chi connectivity index (χ1) is 10.7. The third-order valence-electron chi connectivity index (χ3n) is 3.73. The minimum absolute atomic E-state index is 0.0723. The van der Waals surface area contributed by atoms with Crippen molar-refractivity contribution >= 4 is 36.8 Å². The molecule has 1 aliphatic rings. The Hall–Kier alpha value is -0.489. The lowest BCUT2D eigenvalue weighted by Gasteiger charge is -2.36. The molecule has 1 aliphatic heterocycles. The number of hydrogen-bond donors (Lipinski definition) is 1. The summed E-state index contributed by atoms with van der Waals surface area (Å²) in [6.45, 7) is 16.2. The standard InChI is InChI=1S/C15H33NO5Si3/c1-22(2,3)12-20-24(7,21-23(4,5)6)9-8-16-11-13(15(18)19)10-14(16)17/h13H,8-12H2,1-7H3,(H,18,19). The molecule has 0 radical (unpaired) electrons. The maximum Gasteiger partial charge on any atom is 0.326 e. The van der Waals surface area contributed by atoms with E-state index in [1.807, 2.05) is 0 Å². The zero-order valence-corrected chi connectivity index (χ0v) is 19.1. The summed E-state index contributed by atoms with van der Waals surface area (Å²) >= 11 is 0. The molecule has 140 valence electrons. The number of carboxylic acids is 1. The average Bonchev–Trinajstić information content (AvgIpc) is 2.73. The van der Waals surface area contributed by atoms with Gasteiger partial charge in [-0.2, -0.15) is 0 Å². The van der Waals surface area contributed by atoms with Gasteiger partial charge in [-0.25, -0.2) is 0 Å². The zero-order valence-electron chi connectivity index (χ0n) is 16.1. The first kappa shape index (κ1) is 21.6. The molecule has 0 aromatic rings. The molecule has 0 aliphatic carbocycles. The maximum absolute atomic E-state index is 12.0. The summed E-state index contributed by atoms with van der Waals surface area (Å²) in [6, 6.07) is 0.694. The molecular weight excluding hydrogens is 358 g/mol. The van der Waals surface area contributed by atoms with Crippen molar-refractivity contribution in [3.8, 4) is 0 Å². The predicted molar refractivity (Wildman–Crippen MR) is 102 cm³/mol. The second-order valence-electron chi connectivity index (χ2n) is 9.03. The lowest BCUT2D eigenvalue weighted by molar-refractivity contribution is -0.141. The monoisotopic (exact) mass is 391 g/mol. The molecule has 0 spiro atoms. The third-order valence-corrected chi connectivity index (χ3v) is 11.1. The summed E-state index contributed by atoms with van der Waals surface area (Å²) in [7, 11) is -5.50. The number of carbonyl (C=O) groups excluding carboxylic acids is 1. The summed E-state index contributed by atoms with van der Waals surface area (Å²) in [6.07, 6.45) is 0.865. The number of amides is 1. The number of carboxylic acid groups (broad SMARTS) is 1. The second-order valence-corrected chi connectivity index (χ2v) is 22.5. The van der Waals surface area contributed by atoms with Gasteiger partial charge in [0.1, 0.15) is 0 Å². The smallest absolute Gasteiger partial charge is 0.326 e. The highest BCUT2D eigenvalue weighted by Gasteiger charge is 2.40. The normalized spacial score (nSPS) is 21.9. The summed E-state index contributed by atoms with van der Waals surface area (Å²) < 4.78 is 12.7. The van der Waals surface area contributed by atoms with E-state index >= 15 is 0 Å². The van der Waals surface area contributed by atoms with Gasteiger partial charge in [0, 0.05) is 31.8 Å². The summed E-state index contributed by atoms with van der Waals surface area (Å²) in [5.41, 5.74) is 0. The molecule has 0 bridgehead atoms. The van der Waals surface area contributed by atoms with Crippen LogP contribution in [0, 0.1) is 5.92 Å². The van der Waals surface area contributed by atoms with Crippen LogP contribution in [0.1, 0.15) is 6.42 Å². The Balaban J connectivity index is 2.71. The van der Waals surface area contributed by atoms with Gasteiger partial charge in [-0.1, -0.05) is 19.6 Å². The Morgan fingerprint density at radius 1 is 1.21 bits per heavy atom. The third kappa shape index (κ3) is 7.60. The Labute approximate surface area is 148 Å². The molecule has 1 heterocycles. The molecule has 0 saturated carbocycles. The highest BCUT2D eigenvalue weighted by molar-refractivity contribution is 6.83. The van der Waals surface area contributed by atoms with Crippen molar-refractivity contribution < 1.29 is 23.2 Å². The molecule has 1 amide bonds. The molecule has 1 saturated heterocycles. The van der Waals surface area contributed by atoms with Gasteiger partial charge >= 0.3 is 14.5 Å². The van der Waals surface area contributed by atoms with Crippen molar-refractivity contribution in [3.63, 3.8) is 0 Å². The average molecular weight is 392 g/mol. The van der Waals surface area contributed by atoms with E-state index in [4.69, 9.17) is 13.6 Å². The van der Waals surface area contributed by atoms with Gasteiger partial charge in [0.25, 0.3) is 0 Å². The van der Waals surface area contributed by atoms with E-state index in [9.17, 15) is 9.59 Å². The molecule has 6 nitrogen and oxygen atoms in total. The first-order valence-corrected chi connectivity index (χ1v) is 18.2. The van der Waals surface area contributed by atoms with Gasteiger partial charge in [0.2, 0.25) is 5.91 Å². The van der Waals surface area contributed by atoms with E-state index in [0.29, 0.717) is 19.1 Å². The molecule has 1 fully saturated rings.